The molecule has 0 radical (unpaired) electrons. The van der Waals surface area contributed by atoms with Gasteiger partial charge in [0.1, 0.15) is 0 Å². The molecule has 1 fully saturated rings. The molecule has 0 aromatic carbocycles. The third-order valence-corrected chi connectivity index (χ3v) is 2.04. The molecular formula is C8H15N3. The fraction of sp³-hybridized carbons (Fsp3) is 0.875. The van der Waals surface area contributed by atoms with Crippen LogP contribution in [0, 0.1) is 11.5 Å². The number of nitrogens with one attached hydrogen (secondary N) is 1. The highest BCUT2D eigenvalue weighted by atomic mass is 15.2. The third kappa shape index (κ3) is 2.77. The van der Waals surface area contributed by atoms with E-state index in [4.69, 9.17) is 5.26 Å². The van der Waals surface area contributed by atoms with Gasteiger partial charge < -0.3 is 10.2 Å². The van der Waals surface area contributed by atoms with E-state index in [2.05, 4.69) is 10.2 Å². The zero-order valence-corrected chi connectivity index (χ0v) is 7.01. The van der Waals surface area contributed by atoms with E-state index in [9.17, 15) is 0 Å². The van der Waals surface area contributed by atoms with Gasteiger partial charge in [-0.25, -0.2) is 0 Å². The number of likely N-dealkylation sites (tertiary alicyclic amines) is 1. The van der Waals surface area contributed by atoms with Crippen LogP contribution in [0.4, 0.5) is 0 Å². The van der Waals surface area contributed by atoms with E-state index in [-0.39, 0.29) is 0 Å². The van der Waals surface area contributed by atoms with E-state index < -0.39 is 0 Å². The Morgan fingerprint density at radius 2 is 2.18 bits per heavy atom. The average Bonchev–Trinajstić information content (AvgIpc) is 2.40. The number of hydrogen-bond acceptors (Lipinski definition) is 3. The Kier molecular flexibility index (Phi) is 3.18. The molecule has 0 amide bonds. The Morgan fingerprint density at radius 1 is 1.55 bits per heavy atom. The minimum atomic E-state index is 0.304. The summed E-state index contributed by atoms with van der Waals surface area (Å²) in [6.07, 6.45) is 4.60. The van der Waals surface area contributed by atoms with Crippen LogP contribution in [-0.4, -0.2) is 30.6 Å². The van der Waals surface area contributed by atoms with E-state index in [1.807, 2.05) is 13.1 Å². The van der Waals surface area contributed by atoms with Crippen LogP contribution >= 0.6 is 0 Å². The lowest BCUT2D eigenvalue weighted by Crippen LogP contribution is -2.35. The summed E-state index contributed by atoms with van der Waals surface area (Å²) in [5.41, 5.74) is 0. The van der Waals surface area contributed by atoms with Gasteiger partial charge in [-0.05, 0) is 32.9 Å². The van der Waals surface area contributed by atoms with Gasteiger partial charge in [0.25, 0.3) is 0 Å². The van der Waals surface area contributed by atoms with E-state index in [1.54, 1.807) is 0 Å². The highest BCUT2D eigenvalue weighted by Crippen LogP contribution is 2.06. The van der Waals surface area contributed by atoms with Crippen LogP contribution in [-0.2, 0) is 0 Å². The smallest absolute Gasteiger partial charge is 0.176 e. The molecule has 0 aliphatic carbocycles. The molecule has 0 saturated carbocycles. The number of rotatable bonds is 3. The van der Waals surface area contributed by atoms with E-state index in [1.165, 1.54) is 25.9 Å². The van der Waals surface area contributed by atoms with Crippen LogP contribution in [0.1, 0.15) is 19.8 Å². The summed E-state index contributed by atoms with van der Waals surface area (Å²) in [4.78, 5) is 2.40. The van der Waals surface area contributed by atoms with Crippen molar-refractivity contribution >= 4 is 0 Å². The molecule has 0 aromatic heterocycles. The number of nitriles is 1. The Hall–Kier alpha value is -0.750. The van der Waals surface area contributed by atoms with Crippen LogP contribution in [0.2, 0.25) is 0 Å². The van der Waals surface area contributed by atoms with Crippen LogP contribution in [0.3, 0.4) is 0 Å². The summed E-state index contributed by atoms with van der Waals surface area (Å²) in [6, 6.07) is 0.304. The van der Waals surface area contributed by atoms with Gasteiger partial charge in [0.15, 0.2) is 6.19 Å². The molecular weight excluding hydrogens is 138 g/mol. The maximum atomic E-state index is 8.33. The SMILES string of the molecule is CC(CN1CCCC1)NC#N. The normalized spacial score (nSPS) is 21.1. The second-order valence-electron chi connectivity index (χ2n) is 3.16. The molecule has 62 valence electrons. The third-order valence-electron chi connectivity index (χ3n) is 2.04. The van der Waals surface area contributed by atoms with Gasteiger partial charge in [0, 0.05) is 12.6 Å². The summed E-state index contributed by atoms with van der Waals surface area (Å²) in [7, 11) is 0. The zero-order valence-electron chi connectivity index (χ0n) is 7.01. The maximum Gasteiger partial charge on any atom is 0.176 e. The second-order valence-corrected chi connectivity index (χ2v) is 3.16. The fourth-order valence-electron chi connectivity index (χ4n) is 1.51. The van der Waals surface area contributed by atoms with Gasteiger partial charge in [0.05, 0.1) is 0 Å². The van der Waals surface area contributed by atoms with E-state index >= 15 is 0 Å². The largest absolute Gasteiger partial charge is 0.320 e. The summed E-state index contributed by atoms with van der Waals surface area (Å²) >= 11 is 0. The molecule has 1 saturated heterocycles. The minimum absolute atomic E-state index is 0.304. The van der Waals surface area contributed by atoms with Crippen molar-refractivity contribution in [1.82, 2.24) is 10.2 Å². The molecule has 3 heteroatoms. The number of hydrogen-bond donors (Lipinski definition) is 1. The van der Waals surface area contributed by atoms with Crippen molar-refractivity contribution in [2.45, 2.75) is 25.8 Å². The molecule has 11 heavy (non-hydrogen) atoms. The summed E-state index contributed by atoms with van der Waals surface area (Å²) < 4.78 is 0. The quantitative estimate of drug-likeness (QED) is 0.475. The lowest BCUT2D eigenvalue weighted by Gasteiger charge is -2.18. The summed E-state index contributed by atoms with van der Waals surface area (Å²) in [5, 5.41) is 11.1. The molecule has 3 nitrogen and oxygen atoms in total. The Morgan fingerprint density at radius 3 is 2.73 bits per heavy atom. The monoisotopic (exact) mass is 153 g/mol. The lowest BCUT2D eigenvalue weighted by atomic mass is 10.3. The topological polar surface area (TPSA) is 39.1 Å². The zero-order chi connectivity index (χ0) is 8.10. The molecule has 0 spiro atoms. The van der Waals surface area contributed by atoms with Crippen LogP contribution in [0.5, 0.6) is 0 Å². The van der Waals surface area contributed by atoms with Crippen molar-refractivity contribution in [3.63, 3.8) is 0 Å². The lowest BCUT2D eigenvalue weighted by molar-refractivity contribution is 0.310. The van der Waals surface area contributed by atoms with Gasteiger partial charge in [-0.1, -0.05) is 0 Å². The predicted octanol–water partition coefficient (Wildman–Crippen LogP) is 0.541. The maximum absolute atomic E-state index is 8.33. The first kappa shape index (κ1) is 8.35. The predicted molar refractivity (Wildman–Crippen MR) is 43.9 cm³/mol. The Labute approximate surface area is 68.0 Å². The minimum Gasteiger partial charge on any atom is -0.320 e. The van der Waals surface area contributed by atoms with Gasteiger partial charge >= 0.3 is 0 Å². The van der Waals surface area contributed by atoms with Crippen molar-refractivity contribution in [2.75, 3.05) is 19.6 Å². The van der Waals surface area contributed by atoms with Gasteiger partial charge in [-0.3, -0.25) is 0 Å². The first-order valence-electron chi connectivity index (χ1n) is 4.20. The molecule has 1 heterocycles. The molecule has 1 N–H and O–H groups in total. The molecule has 1 atom stereocenters. The molecule has 0 aromatic rings. The molecule has 0 bridgehead atoms. The fourth-order valence-corrected chi connectivity index (χ4v) is 1.51. The van der Waals surface area contributed by atoms with Crippen LogP contribution < -0.4 is 5.32 Å². The van der Waals surface area contributed by atoms with Crippen molar-refractivity contribution in [3.8, 4) is 6.19 Å². The van der Waals surface area contributed by atoms with Gasteiger partial charge in [-0.2, -0.15) is 5.26 Å². The summed E-state index contributed by atoms with van der Waals surface area (Å²) in [6.45, 7) is 5.46. The molecule has 1 unspecified atom stereocenters. The van der Waals surface area contributed by atoms with Crippen LogP contribution in [0.15, 0.2) is 0 Å². The van der Waals surface area contributed by atoms with Gasteiger partial charge in [-0.15, -0.1) is 0 Å². The van der Waals surface area contributed by atoms with Crippen molar-refractivity contribution in [3.05, 3.63) is 0 Å². The highest BCUT2D eigenvalue weighted by Gasteiger charge is 2.13. The van der Waals surface area contributed by atoms with Crippen LogP contribution in [0.25, 0.3) is 0 Å². The summed E-state index contributed by atoms with van der Waals surface area (Å²) in [5.74, 6) is 0. The number of nitrogens with zero attached hydrogens (tertiary/aromatic N) is 2. The van der Waals surface area contributed by atoms with Crippen molar-refractivity contribution in [2.24, 2.45) is 0 Å². The molecule has 1 aliphatic rings. The van der Waals surface area contributed by atoms with E-state index in [0.29, 0.717) is 6.04 Å². The Balaban J connectivity index is 2.14. The first-order chi connectivity index (χ1) is 5.33. The second kappa shape index (κ2) is 4.20. The van der Waals surface area contributed by atoms with E-state index in [0.717, 1.165) is 6.54 Å². The standard InChI is InChI=1S/C8H15N3/c1-8(10-7-9)6-11-4-2-3-5-11/h8,10H,2-6H2,1H3. The average molecular weight is 153 g/mol. The first-order valence-corrected chi connectivity index (χ1v) is 4.20. The molecule has 1 rings (SSSR count). The highest BCUT2D eigenvalue weighted by molar-refractivity contribution is 4.77. The Bertz CT molecular complexity index is 144. The van der Waals surface area contributed by atoms with Crippen molar-refractivity contribution in [1.29, 1.82) is 5.26 Å². The van der Waals surface area contributed by atoms with Gasteiger partial charge in [0.2, 0.25) is 0 Å². The van der Waals surface area contributed by atoms with Crippen molar-refractivity contribution < 1.29 is 0 Å². The molecule has 1 aliphatic heterocycles.